The maximum atomic E-state index is 12.9. The average molecular weight is 474 g/mol. The number of thiazole rings is 1. The second-order valence-corrected chi connectivity index (χ2v) is 7.72. The summed E-state index contributed by atoms with van der Waals surface area (Å²) in [4.78, 5) is 32.1. The molecule has 1 amide bonds. The van der Waals surface area contributed by atoms with E-state index in [0.29, 0.717) is 23.8 Å². The average Bonchev–Trinajstić information content (AvgIpc) is 3.20. The number of carbonyl (C=O) groups is 2. The standard InChI is InChI=1S/C22H23N3O7S/c1-13(11-29-2)31-18-8-14(21(28)25-22-23-15(12-33-22)10-20(26)27)9-19(24-18)32-17-6-4-16(30-3)5-7-17/h4-9,12-13H,10-11H2,1-3H3,(H,26,27)(H,23,25,28)/t13-/m1/s1. The third-order valence-corrected chi connectivity index (χ3v) is 4.96. The van der Waals surface area contributed by atoms with Crippen LogP contribution in [-0.2, 0) is 16.0 Å². The summed E-state index contributed by atoms with van der Waals surface area (Å²) in [7, 11) is 3.12. The Morgan fingerprint density at radius 2 is 1.79 bits per heavy atom. The molecule has 0 saturated carbocycles. The predicted molar refractivity (Wildman–Crippen MR) is 121 cm³/mol. The molecule has 2 N–H and O–H groups in total. The van der Waals surface area contributed by atoms with Crippen molar-refractivity contribution in [3.05, 3.63) is 53.0 Å². The van der Waals surface area contributed by atoms with Crippen LogP contribution in [0.2, 0.25) is 0 Å². The SMILES string of the molecule is COC[C@@H](C)Oc1cc(C(=O)Nc2nc(CC(=O)O)cs2)cc(Oc2ccc(OC)cc2)n1. The van der Waals surface area contributed by atoms with Gasteiger partial charge in [0.1, 0.15) is 17.6 Å². The Kier molecular flexibility index (Phi) is 8.17. The summed E-state index contributed by atoms with van der Waals surface area (Å²) in [5.74, 6) is 0.0261. The van der Waals surface area contributed by atoms with Crippen molar-refractivity contribution in [3.63, 3.8) is 0 Å². The van der Waals surface area contributed by atoms with E-state index < -0.39 is 11.9 Å². The van der Waals surface area contributed by atoms with Gasteiger partial charge < -0.3 is 24.1 Å². The van der Waals surface area contributed by atoms with E-state index in [-0.39, 0.29) is 35.0 Å². The molecule has 0 bridgehead atoms. The summed E-state index contributed by atoms with van der Waals surface area (Å²) in [6, 6.07) is 9.84. The number of hydrogen-bond acceptors (Lipinski definition) is 9. The Morgan fingerprint density at radius 1 is 1.09 bits per heavy atom. The third kappa shape index (κ3) is 7.16. The van der Waals surface area contributed by atoms with E-state index in [4.69, 9.17) is 24.1 Å². The lowest BCUT2D eigenvalue weighted by molar-refractivity contribution is -0.136. The number of rotatable bonds is 11. The highest BCUT2D eigenvalue weighted by Gasteiger charge is 2.16. The first kappa shape index (κ1) is 24.0. The Bertz CT molecular complexity index is 1100. The van der Waals surface area contributed by atoms with E-state index in [1.165, 1.54) is 12.1 Å². The van der Waals surface area contributed by atoms with Gasteiger partial charge in [0.15, 0.2) is 5.13 Å². The van der Waals surface area contributed by atoms with Crippen molar-refractivity contribution in [2.24, 2.45) is 0 Å². The van der Waals surface area contributed by atoms with Crippen molar-refractivity contribution < 1.29 is 33.6 Å². The van der Waals surface area contributed by atoms with Gasteiger partial charge in [0.2, 0.25) is 11.8 Å². The fourth-order valence-corrected chi connectivity index (χ4v) is 3.44. The largest absolute Gasteiger partial charge is 0.497 e. The van der Waals surface area contributed by atoms with Gasteiger partial charge in [0, 0.05) is 24.6 Å². The minimum Gasteiger partial charge on any atom is -0.497 e. The molecule has 2 aromatic heterocycles. The number of hydrogen-bond donors (Lipinski definition) is 2. The van der Waals surface area contributed by atoms with Gasteiger partial charge in [-0.2, -0.15) is 4.98 Å². The van der Waals surface area contributed by atoms with Crippen molar-refractivity contribution in [2.45, 2.75) is 19.4 Å². The number of nitrogens with one attached hydrogen (secondary N) is 1. The maximum Gasteiger partial charge on any atom is 0.309 e. The van der Waals surface area contributed by atoms with Crippen LogP contribution in [0.4, 0.5) is 5.13 Å². The molecule has 0 aliphatic heterocycles. The molecule has 174 valence electrons. The predicted octanol–water partition coefficient (Wildman–Crippen LogP) is 3.63. The van der Waals surface area contributed by atoms with Gasteiger partial charge in [-0.25, -0.2) is 4.98 Å². The number of anilines is 1. The van der Waals surface area contributed by atoms with Gasteiger partial charge in [-0.3, -0.25) is 14.9 Å². The van der Waals surface area contributed by atoms with E-state index in [1.807, 2.05) is 6.92 Å². The molecule has 0 saturated heterocycles. The van der Waals surface area contributed by atoms with Gasteiger partial charge >= 0.3 is 5.97 Å². The normalized spacial score (nSPS) is 11.5. The molecule has 2 heterocycles. The van der Waals surface area contributed by atoms with Crippen LogP contribution in [0.5, 0.6) is 23.3 Å². The Balaban J connectivity index is 1.83. The van der Waals surface area contributed by atoms with Crippen molar-refractivity contribution >= 4 is 28.3 Å². The second-order valence-electron chi connectivity index (χ2n) is 6.86. The number of benzene rings is 1. The molecule has 1 atom stereocenters. The highest BCUT2D eigenvalue weighted by Crippen LogP contribution is 2.27. The molecular formula is C22H23N3O7S. The zero-order chi connectivity index (χ0) is 23.8. The Labute approximate surface area is 194 Å². The molecular weight excluding hydrogens is 450 g/mol. The summed E-state index contributed by atoms with van der Waals surface area (Å²) >= 11 is 1.13. The van der Waals surface area contributed by atoms with Gasteiger partial charge in [-0.1, -0.05) is 0 Å². The third-order valence-electron chi connectivity index (χ3n) is 4.15. The lowest BCUT2D eigenvalue weighted by atomic mass is 10.2. The molecule has 10 nitrogen and oxygen atoms in total. The number of amides is 1. The van der Waals surface area contributed by atoms with Crippen molar-refractivity contribution in [1.29, 1.82) is 0 Å². The van der Waals surface area contributed by atoms with E-state index in [1.54, 1.807) is 43.9 Å². The molecule has 0 aliphatic carbocycles. The molecule has 3 rings (SSSR count). The lowest BCUT2D eigenvalue weighted by Crippen LogP contribution is -2.19. The van der Waals surface area contributed by atoms with Crippen LogP contribution in [0.25, 0.3) is 0 Å². The maximum absolute atomic E-state index is 12.9. The van der Waals surface area contributed by atoms with Gasteiger partial charge in [-0.15, -0.1) is 11.3 Å². The topological polar surface area (TPSA) is 129 Å². The Morgan fingerprint density at radius 3 is 2.45 bits per heavy atom. The Hall–Kier alpha value is -3.70. The van der Waals surface area contributed by atoms with E-state index in [2.05, 4.69) is 15.3 Å². The van der Waals surface area contributed by atoms with Gasteiger partial charge in [-0.05, 0) is 31.2 Å². The van der Waals surface area contributed by atoms with Crippen molar-refractivity contribution in [2.75, 3.05) is 26.1 Å². The molecule has 0 radical (unpaired) electrons. The number of nitrogens with zero attached hydrogens (tertiary/aromatic N) is 2. The number of carboxylic acids is 1. The molecule has 3 aromatic rings. The van der Waals surface area contributed by atoms with Gasteiger partial charge in [0.25, 0.3) is 5.91 Å². The zero-order valence-electron chi connectivity index (χ0n) is 18.2. The number of carbonyl (C=O) groups excluding carboxylic acids is 1. The van der Waals surface area contributed by atoms with Crippen LogP contribution in [0.3, 0.4) is 0 Å². The monoisotopic (exact) mass is 473 g/mol. The highest BCUT2D eigenvalue weighted by atomic mass is 32.1. The summed E-state index contributed by atoms with van der Waals surface area (Å²) in [5, 5.41) is 13.4. The number of aliphatic carboxylic acids is 1. The quantitative estimate of drug-likeness (QED) is 0.429. The number of pyridine rings is 1. The summed E-state index contributed by atoms with van der Waals surface area (Å²) in [6.07, 6.45) is -0.538. The second kappa shape index (κ2) is 11.2. The first-order valence-electron chi connectivity index (χ1n) is 9.83. The summed E-state index contributed by atoms with van der Waals surface area (Å²) in [5.41, 5.74) is 0.585. The summed E-state index contributed by atoms with van der Waals surface area (Å²) < 4.78 is 21.8. The first-order valence-corrected chi connectivity index (χ1v) is 10.7. The molecule has 33 heavy (non-hydrogen) atoms. The molecule has 11 heteroatoms. The van der Waals surface area contributed by atoms with Crippen LogP contribution in [0, 0.1) is 0 Å². The summed E-state index contributed by atoms with van der Waals surface area (Å²) in [6.45, 7) is 2.14. The van der Waals surface area contributed by atoms with Crippen LogP contribution in [0.1, 0.15) is 23.0 Å². The zero-order valence-corrected chi connectivity index (χ0v) is 19.0. The lowest BCUT2D eigenvalue weighted by Gasteiger charge is -2.15. The number of ether oxygens (including phenoxy) is 4. The fourth-order valence-electron chi connectivity index (χ4n) is 2.73. The minimum atomic E-state index is -1.00. The van der Waals surface area contributed by atoms with Crippen molar-refractivity contribution in [1.82, 2.24) is 9.97 Å². The van der Waals surface area contributed by atoms with E-state index in [0.717, 1.165) is 11.3 Å². The van der Waals surface area contributed by atoms with Crippen LogP contribution in [0.15, 0.2) is 41.8 Å². The smallest absolute Gasteiger partial charge is 0.309 e. The minimum absolute atomic E-state index is 0.151. The molecule has 0 aliphatic rings. The van der Waals surface area contributed by atoms with Gasteiger partial charge in [0.05, 0.1) is 31.4 Å². The first-order chi connectivity index (χ1) is 15.9. The highest BCUT2D eigenvalue weighted by molar-refractivity contribution is 7.14. The van der Waals surface area contributed by atoms with Crippen LogP contribution in [-0.4, -0.2) is 53.9 Å². The van der Waals surface area contributed by atoms with E-state index >= 15 is 0 Å². The number of aromatic nitrogens is 2. The number of carboxylic acid groups (broad SMARTS) is 1. The van der Waals surface area contributed by atoms with Crippen LogP contribution < -0.4 is 19.5 Å². The fraction of sp³-hybridized carbons (Fsp3) is 0.273. The number of methoxy groups -OCH3 is 2. The molecule has 1 aromatic carbocycles. The molecule has 0 unspecified atom stereocenters. The molecule has 0 spiro atoms. The molecule has 0 fully saturated rings. The van der Waals surface area contributed by atoms with Crippen LogP contribution >= 0.6 is 11.3 Å². The van der Waals surface area contributed by atoms with Crippen molar-refractivity contribution in [3.8, 4) is 23.3 Å². The van der Waals surface area contributed by atoms with E-state index in [9.17, 15) is 9.59 Å².